The van der Waals surface area contributed by atoms with Crippen molar-refractivity contribution in [3.8, 4) is 11.5 Å². The Morgan fingerprint density at radius 3 is 2.29 bits per heavy atom. The predicted molar refractivity (Wildman–Crippen MR) is 120 cm³/mol. The van der Waals surface area contributed by atoms with Gasteiger partial charge in [-0.2, -0.15) is 0 Å². The van der Waals surface area contributed by atoms with Crippen molar-refractivity contribution in [2.75, 3.05) is 24.9 Å². The highest BCUT2D eigenvalue weighted by atomic mass is 16.5. The summed E-state index contributed by atoms with van der Waals surface area (Å²) in [4.78, 5) is 36.2. The molecule has 2 aromatic carbocycles. The van der Waals surface area contributed by atoms with Gasteiger partial charge in [0, 0.05) is 24.7 Å². The maximum absolute atomic E-state index is 12.9. The van der Waals surface area contributed by atoms with Crippen LogP contribution in [0.4, 0.5) is 11.4 Å². The number of anilines is 2. The standard InChI is InChI=1S/C23H27N3O5/c1-6-22(28)26-18-13-17(9-7-14(18)2)25-23(29)19(24-15(3)27)11-16-8-10-20(30-4)21(12-16)31-5/h7-13H,6H2,1-5H3,(H,24,27)(H,25,29)(H,26,28)/b19-11-. The Kier molecular flexibility index (Phi) is 8.19. The van der Waals surface area contributed by atoms with Gasteiger partial charge in [-0.25, -0.2) is 0 Å². The van der Waals surface area contributed by atoms with E-state index in [0.717, 1.165) is 5.56 Å². The van der Waals surface area contributed by atoms with Crippen LogP contribution in [0.1, 0.15) is 31.4 Å². The Labute approximate surface area is 181 Å². The summed E-state index contributed by atoms with van der Waals surface area (Å²) in [5.74, 6) is 0.0160. The van der Waals surface area contributed by atoms with Gasteiger partial charge in [0.25, 0.3) is 5.91 Å². The number of methoxy groups -OCH3 is 2. The summed E-state index contributed by atoms with van der Waals surface area (Å²) in [6, 6.07) is 10.3. The van der Waals surface area contributed by atoms with E-state index in [2.05, 4.69) is 16.0 Å². The fourth-order valence-electron chi connectivity index (χ4n) is 2.73. The monoisotopic (exact) mass is 425 g/mol. The summed E-state index contributed by atoms with van der Waals surface area (Å²) in [5, 5.41) is 8.10. The lowest BCUT2D eigenvalue weighted by Crippen LogP contribution is -2.29. The number of hydrogen-bond acceptors (Lipinski definition) is 5. The van der Waals surface area contributed by atoms with E-state index in [1.54, 1.807) is 43.3 Å². The molecule has 0 aliphatic carbocycles. The predicted octanol–water partition coefficient (Wildman–Crippen LogP) is 3.48. The molecule has 0 aliphatic heterocycles. The third-order valence-corrected chi connectivity index (χ3v) is 4.36. The van der Waals surface area contributed by atoms with Crippen LogP contribution in [-0.2, 0) is 14.4 Å². The molecule has 0 unspecified atom stereocenters. The molecule has 0 aromatic heterocycles. The van der Waals surface area contributed by atoms with Crippen LogP contribution in [0.3, 0.4) is 0 Å². The minimum Gasteiger partial charge on any atom is -0.493 e. The third kappa shape index (κ3) is 6.60. The second kappa shape index (κ2) is 10.8. The molecule has 8 nitrogen and oxygen atoms in total. The van der Waals surface area contributed by atoms with Crippen LogP contribution in [-0.4, -0.2) is 31.9 Å². The van der Waals surface area contributed by atoms with Crippen molar-refractivity contribution < 1.29 is 23.9 Å². The van der Waals surface area contributed by atoms with Crippen molar-refractivity contribution >= 4 is 35.2 Å². The molecule has 3 N–H and O–H groups in total. The van der Waals surface area contributed by atoms with Gasteiger partial charge >= 0.3 is 0 Å². The maximum Gasteiger partial charge on any atom is 0.272 e. The minimum absolute atomic E-state index is 0.0550. The minimum atomic E-state index is -0.512. The zero-order valence-corrected chi connectivity index (χ0v) is 18.3. The first-order valence-electron chi connectivity index (χ1n) is 9.70. The number of aryl methyl sites for hydroxylation is 1. The normalized spacial score (nSPS) is 10.8. The van der Waals surface area contributed by atoms with Gasteiger partial charge in [0.15, 0.2) is 11.5 Å². The average Bonchev–Trinajstić information content (AvgIpc) is 2.74. The van der Waals surface area contributed by atoms with Gasteiger partial charge in [-0.05, 0) is 48.4 Å². The van der Waals surface area contributed by atoms with E-state index >= 15 is 0 Å². The molecule has 2 aromatic rings. The van der Waals surface area contributed by atoms with Gasteiger partial charge in [-0.3, -0.25) is 14.4 Å². The van der Waals surface area contributed by atoms with Crippen LogP contribution in [0.15, 0.2) is 42.1 Å². The van der Waals surface area contributed by atoms with Crippen molar-refractivity contribution in [3.63, 3.8) is 0 Å². The molecule has 31 heavy (non-hydrogen) atoms. The summed E-state index contributed by atoms with van der Waals surface area (Å²) in [6.07, 6.45) is 1.88. The highest BCUT2D eigenvalue weighted by molar-refractivity contribution is 6.08. The molecule has 0 fully saturated rings. The number of ether oxygens (including phenoxy) is 2. The molecule has 164 valence electrons. The Morgan fingerprint density at radius 2 is 1.68 bits per heavy atom. The van der Waals surface area contributed by atoms with Crippen LogP contribution in [0, 0.1) is 6.92 Å². The molecule has 0 radical (unpaired) electrons. The second-order valence-electron chi connectivity index (χ2n) is 6.74. The van der Waals surface area contributed by atoms with Crippen LogP contribution in [0.2, 0.25) is 0 Å². The molecule has 0 bridgehead atoms. The molecule has 0 heterocycles. The van der Waals surface area contributed by atoms with Crippen LogP contribution < -0.4 is 25.4 Å². The fraction of sp³-hybridized carbons (Fsp3) is 0.261. The molecule has 0 atom stereocenters. The van der Waals surface area contributed by atoms with Gasteiger partial charge in [0.1, 0.15) is 5.70 Å². The van der Waals surface area contributed by atoms with Gasteiger partial charge in [0.2, 0.25) is 11.8 Å². The van der Waals surface area contributed by atoms with E-state index in [0.29, 0.717) is 34.9 Å². The van der Waals surface area contributed by atoms with Crippen molar-refractivity contribution in [3.05, 3.63) is 53.2 Å². The van der Waals surface area contributed by atoms with E-state index < -0.39 is 5.91 Å². The van der Waals surface area contributed by atoms with E-state index in [1.807, 2.05) is 6.92 Å². The largest absolute Gasteiger partial charge is 0.493 e. The van der Waals surface area contributed by atoms with Crippen molar-refractivity contribution in [2.45, 2.75) is 27.2 Å². The molecular weight excluding hydrogens is 398 g/mol. The first-order valence-corrected chi connectivity index (χ1v) is 9.70. The molecule has 0 aliphatic rings. The van der Waals surface area contributed by atoms with Crippen LogP contribution in [0.5, 0.6) is 11.5 Å². The zero-order chi connectivity index (χ0) is 23.0. The highest BCUT2D eigenvalue weighted by Gasteiger charge is 2.14. The Bertz CT molecular complexity index is 1010. The Hall–Kier alpha value is -3.81. The van der Waals surface area contributed by atoms with E-state index in [-0.39, 0.29) is 17.5 Å². The van der Waals surface area contributed by atoms with Crippen LogP contribution >= 0.6 is 0 Å². The summed E-state index contributed by atoms with van der Waals surface area (Å²) in [7, 11) is 3.04. The average molecular weight is 425 g/mol. The second-order valence-corrected chi connectivity index (χ2v) is 6.74. The quantitative estimate of drug-likeness (QED) is 0.562. The van der Waals surface area contributed by atoms with Crippen LogP contribution in [0.25, 0.3) is 6.08 Å². The first kappa shape index (κ1) is 23.5. The maximum atomic E-state index is 12.9. The molecule has 0 spiro atoms. The molecular formula is C23H27N3O5. The van der Waals surface area contributed by atoms with Gasteiger partial charge < -0.3 is 25.4 Å². The molecule has 0 saturated carbocycles. The lowest BCUT2D eigenvalue weighted by atomic mass is 10.1. The number of carbonyl (C=O) groups is 3. The van der Waals surface area contributed by atoms with E-state index in [1.165, 1.54) is 27.2 Å². The number of rotatable bonds is 8. The fourth-order valence-corrected chi connectivity index (χ4v) is 2.73. The summed E-state index contributed by atoms with van der Waals surface area (Å²) in [5.41, 5.74) is 2.64. The molecule has 8 heteroatoms. The van der Waals surface area contributed by atoms with Crippen molar-refractivity contribution in [2.24, 2.45) is 0 Å². The zero-order valence-electron chi connectivity index (χ0n) is 18.3. The SMILES string of the molecule is CCC(=O)Nc1cc(NC(=O)/C(=C/c2ccc(OC)c(OC)c2)NC(C)=O)ccc1C. The van der Waals surface area contributed by atoms with Gasteiger partial charge in [-0.1, -0.05) is 19.1 Å². The third-order valence-electron chi connectivity index (χ3n) is 4.36. The van der Waals surface area contributed by atoms with Gasteiger partial charge in [-0.15, -0.1) is 0 Å². The number of amides is 3. The smallest absolute Gasteiger partial charge is 0.272 e. The molecule has 2 rings (SSSR count). The summed E-state index contributed by atoms with van der Waals surface area (Å²) in [6.45, 7) is 4.94. The van der Waals surface area contributed by atoms with Crippen molar-refractivity contribution in [1.82, 2.24) is 5.32 Å². The number of hydrogen-bond donors (Lipinski definition) is 3. The van der Waals surface area contributed by atoms with Crippen molar-refractivity contribution in [1.29, 1.82) is 0 Å². The first-order chi connectivity index (χ1) is 14.8. The summed E-state index contributed by atoms with van der Waals surface area (Å²) < 4.78 is 10.5. The Morgan fingerprint density at radius 1 is 0.968 bits per heavy atom. The Balaban J connectivity index is 2.32. The number of benzene rings is 2. The number of carbonyl (C=O) groups excluding carboxylic acids is 3. The number of nitrogens with one attached hydrogen (secondary N) is 3. The topological polar surface area (TPSA) is 106 Å². The van der Waals surface area contributed by atoms with Gasteiger partial charge in [0.05, 0.1) is 14.2 Å². The molecule has 0 saturated heterocycles. The molecule has 3 amide bonds. The summed E-state index contributed by atoms with van der Waals surface area (Å²) >= 11 is 0. The highest BCUT2D eigenvalue weighted by Crippen LogP contribution is 2.28. The lowest BCUT2D eigenvalue weighted by Gasteiger charge is -2.13. The van der Waals surface area contributed by atoms with E-state index in [9.17, 15) is 14.4 Å². The lowest BCUT2D eigenvalue weighted by molar-refractivity contribution is -0.120. The van der Waals surface area contributed by atoms with E-state index in [4.69, 9.17) is 9.47 Å².